The van der Waals surface area contributed by atoms with Gasteiger partial charge in [-0.05, 0) is 37.1 Å². The number of benzene rings is 2. The first-order chi connectivity index (χ1) is 12.2. The van der Waals surface area contributed by atoms with Crippen LogP contribution in [0.1, 0.15) is 16.8 Å². The van der Waals surface area contributed by atoms with Crippen LogP contribution in [0.4, 0.5) is 10.5 Å². The van der Waals surface area contributed by atoms with E-state index in [1.165, 1.54) is 10.9 Å². The number of hydrogen-bond acceptors (Lipinski definition) is 2. The van der Waals surface area contributed by atoms with Crippen LogP contribution in [0.25, 0.3) is 10.9 Å². The highest BCUT2D eigenvalue weighted by molar-refractivity contribution is 5.91. The first-order valence-electron chi connectivity index (χ1n) is 8.49. The number of amides is 2. The summed E-state index contributed by atoms with van der Waals surface area (Å²) < 4.78 is 0. The molecule has 1 atom stereocenters. The number of aliphatic hydroxyl groups is 1. The summed E-state index contributed by atoms with van der Waals surface area (Å²) in [6, 6.07) is 15.4. The van der Waals surface area contributed by atoms with Crippen LogP contribution < -0.4 is 5.32 Å². The van der Waals surface area contributed by atoms with Gasteiger partial charge in [0.15, 0.2) is 0 Å². The number of anilines is 1. The molecule has 2 amide bonds. The molecule has 1 aromatic heterocycles. The van der Waals surface area contributed by atoms with Crippen molar-refractivity contribution in [2.75, 3.05) is 11.9 Å². The molecule has 4 rings (SSSR count). The van der Waals surface area contributed by atoms with Crippen LogP contribution >= 0.6 is 0 Å². The number of para-hydroxylation sites is 1. The van der Waals surface area contributed by atoms with Crippen LogP contribution in [0.3, 0.4) is 0 Å². The van der Waals surface area contributed by atoms with Crippen LogP contribution in [0.5, 0.6) is 0 Å². The second kappa shape index (κ2) is 6.26. The third-order valence-corrected chi connectivity index (χ3v) is 4.89. The van der Waals surface area contributed by atoms with E-state index in [1.807, 2.05) is 49.4 Å². The zero-order valence-electron chi connectivity index (χ0n) is 14.1. The van der Waals surface area contributed by atoms with Crippen LogP contribution in [0, 0.1) is 6.92 Å². The Bertz CT molecular complexity index is 914. The van der Waals surface area contributed by atoms with E-state index < -0.39 is 0 Å². The largest absolute Gasteiger partial charge is 0.394 e. The number of fused-ring (bicyclic) bond motifs is 3. The molecule has 3 aromatic rings. The van der Waals surface area contributed by atoms with E-state index in [-0.39, 0.29) is 18.7 Å². The zero-order valence-corrected chi connectivity index (χ0v) is 14.1. The van der Waals surface area contributed by atoms with E-state index >= 15 is 0 Å². The lowest BCUT2D eigenvalue weighted by molar-refractivity contribution is 0.129. The molecule has 0 saturated heterocycles. The number of aromatic nitrogens is 1. The first kappa shape index (κ1) is 15.7. The van der Waals surface area contributed by atoms with Gasteiger partial charge in [-0.15, -0.1) is 0 Å². The summed E-state index contributed by atoms with van der Waals surface area (Å²) in [7, 11) is 0. The van der Waals surface area contributed by atoms with Gasteiger partial charge in [-0.3, -0.25) is 0 Å². The van der Waals surface area contributed by atoms with E-state index in [4.69, 9.17) is 0 Å². The number of H-pyrrole nitrogens is 1. The molecule has 1 aliphatic heterocycles. The average molecular weight is 335 g/mol. The first-order valence-corrected chi connectivity index (χ1v) is 8.49. The molecule has 0 saturated carbocycles. The van der Waals surface area contributed by atoms with E-state index in [1.54, 1.807) is 4.90 Å². The van der Waals surface area contributed by atoms with Crippen molar-refractivity contribution >= 4 is 22.6 Å². The van der Waals surface area contributed by atoms with Gasteiger partial charge >= 0.3 is 6.03 Å². The summed E-state index contributed by atoms with van der Waals surface area (Å²) in [6.07, 6.45) is 0.650. The van der Waals surface area contributed by atoms with Crippen LogP contribution in [0.15, 0.2) is 48.5 Å². The second-order valence-corrected chi connectivity index (χ2v) is 6.59. The van der Waals surface area contributed by atoms with E-state index in [0.717, 1.165) is 22.5 Å². The number of nitrogens with zero attached hydrogens (tertiary/aromatic N) is 1. The smallest absolute Gasteiger partial charge is 0.322 e. The number of hydrogen-bond donors (Lipinski definition) is 3. The molecule has 0 aliphatic carbocycles. The molecule has 5 heteroatoms. The predicted molar refractivity (Wildman–Crippen MR) is 98.6 cm³/mol. The minimum absolute atomic E-state index is 0.0553. The summed E-state index contributed by atoms with van der Waals surface area (Å²) >= 11 is 0. The molecule has 0 spiro atoms. The third kappa shape index (κ3) is 2.87. The predicted octanol–water partition coefficient (Wildman–Crippen LogP) is 3.43. The normalized spacial score (nSPS) is 16.7. The monoisotopic (exact) mass is 335 g/mol. The highest BCUT2D eigenvalue weighted by Gasteiger charge is 2.31. The van der Waals surface area contributed by atoms with Gasteiger partial charge in [0.05, 0.1) is 19.2 Å². The number of carbonyl (C=O) groups excluding carboxylic acids is 1. The molecular weight excluding hydrogens is 314 g/mol. The highest BCUT2D eigenvalue weighted by atomic mass is 16.3. The van der Waals surface area contributed by atoms with E-state index in [0.29, 0.717) is 13.0 Å². The Labute approximate surface area is 146 Å². The summed E-state index contributed by atoms with van der Waals surface area (Å²) in [6.45, 7) is 2.42. The lowest BCUT2D eigenvalue weighted by atomic mass is 9.97. The van der Waals surface area contributed by atoms with Crippen LogP contribution in [-0.4, -0.2) is 33.7 Å². The zero-order chi connectivity index (χ0) is 17.4. The number of aromatic amines is 1. The van der Waals surface area contributed by atoms with Gasteiger partial charge in [-0.25, -0.2) is 4.79 Å². The van der Waals surface area contributed by atoms with Crippen molar-refractivity contribution in [2.24, 2.45) is 0 Å². The Hall–Kier alpha value is -2.79. The second-order valence-electron chi connectivity index (χ2n) is 6.59. The van der Waals surface area contributed by atoms with Gasteiger partial charge in [0, 0.05) is 22.3 Å². The van der Waals surface area contributed by atoms with Crippen molar-refractivity contribution in [3.63, 3.8) is 0 Å². The fourth-order valence-electron chi connectivity index (χ4n) is 3.50. The standard InChI is InChI=1S/C20H21N3O2/c1-13-6-8-14(9-7-13)21-20(25)23-11-19-17(10-15(23)12-24)16-4-2-3-5-18(16)22-19/h2-9,15,22,24H,10-12H2,1H3,(H,21,25). The number of rotatable bonds is 2. The molecule has 25 heavy (non-hydrogen) atoms. The molecule has 1 unspecified atom stereocenters. The van der Waals surface area contributed by atoms with Crippen molar-refractivity contribution < 1.29 is 9.90 Å². The van der Waals surface area contributed by atoms with E-state index in [9.17, 15) is 9.90 Å². The summed E-state index contributed by atoms with van der Waals surface area (Å²) in [5, 5.41) is 13.9. The van der Waals surface area contributed by atoms with Crippen molar-refractivity contribution in [2.45, 2.75) is 25.9 Å². The Morgan fingerprint density at radius 2 is 2.00 bits per heavy atom. The maximum Gasteiger partial charge on any atom is 0.322 e. The molecule has 2 aromatic carbocycles. The van der Waals surface area contributed by atoms with Gasteiger partial charge in [0.2, 0.25) is 0 Å². The lowest BCUT2D eigenvalue weighted by Crippen LogP contribution is -2.48. The fourth-order valence-corrected chi connectivity index (χ4v) is 3.50. The number of carbonyl (C=O) groups is 1. The lowest BCUT2D eigenvalue weighted by Gasteiger charge is -2.34. The van der Waals surface area contributed by atoms with Crippen molar-refractivity contribution in [3.05, 3.63) is 65.4 Å². The number of urea groups is 1. The van der Waals surface area contributed by atoms with Crippen molar-refractivity contribution in [3.8, 4) is 0 Å². The van der Waals surface area contributed by atoms with Gasteiger partial charge in [0.1, 0.15) is 0 Å². The van der Waals surface area contributed by atoms with E-state index in [2.05, 4.69) is 16.4 Å². The Kier molecular flexibility index (Phi) is 3.93. The summed E-state index contributed by atoms with van der Waals surface area (Å²) in [5.74, 6) is 0. The SMILES string of the molecule is Cc1ccc(NC(=O)N2Cc3[nH]c4ccccc4c3CC2CO)cc1. The minimum Gasteiger partial charge on any atom is -0.394 e. The molecule has 0 fully saturated rings. The van der Waals surface area contributed by atoms with Gasteiger partial charge < -0.3 is 20.3 Å². The fraction of sp³-hybridized carbons (Fsp3) is 0.250. The van der Waals surface area contributed by atoms with Gasteiger partial charge in [-0.1, -0.05) is 35.9 Å². The molecular formula is C20H21N3O2. The molecule has 128 valence electrons. The maximum atomic E-state index is 12.7. The van der Waals surface area contributed by atoms with Gasteiger partial charge in [-0.2, -0.15) is 0 Å². The van der Waals surface area contributed by atoms with Crippen molar-refractivity contribution in [1.29, 1.82) is 0 Å². The van der Waals surface area contributed by atoms with Gasteiger partial charge in [0.25, 0.3) is 0 Å². The average Bonchev–Trinajstić information content (AvgIpc) is 3.00. The molecule has 2 heterocycles. The van der Waals surface area contributed by atoms with Crippen LogP contribution in [-0.2, 0) is 13.0 Å². The number of nitrogens with one attached hydrogen (secondary N) is 2. The maximum absolute atomic E-state index is 12.7. The Morgan fingerprint density at radius 3 is 2.76 bits per heavy atom. The molecule has 3 N–H and O–H groups in total. The Morgan fingerprint density at radius 1 is 1.24 bits per heavy atom. The third-order valence-electron chi connectivity index (χ3n) is 4.89. The van der Waals surface area contributed by atoms with Crippen LogP contribution in [0.2, 0.25) is 0 Å². The highest BCUT2D eigenvalue weighted by Crippen LogP contribution is 2.30. The molecule has 1 aliphatic rings. The minimum atomic E-state index is -0.225. The quantitative estimate of drug-likeness (QED) is 0.671. The summed E-state index contributed by atoms with van der Waals surface area (Å²) in [5.41, 5.74) is 5.23. The number of aryl methyl sites for hydroxylation is 1. The molecule has 0 bridgehead atoms. The molecule has 0 radical (unpaired) electrons. The van der Waals surface area contributed by atoms with Crippen molar-refractivity contribution in [1.82, 2.24) is 9.88 Å². The number of aliphatic hydroxyl groups excluding tert-OH is 1. The topological polar surface area (TPSA) is 68.4 Å². The summed E-state index contributed by atoms with van der Waals surface area (Å²) in [4.78, 5) is 17.9. The molecule has 5 nitrogen and oxygen atoms in total. The Balaban J connectivity index is 1.61.